The fourth-order valence-electron chi connectivity index (χ4n) is 1.88. The Kier molecular flexibility index (Phi) is 6.09. The molecule has 124 valence electrons. The van der Waals surface area contributed by atoms with Gasteiger partial charge >= 0.3 is 0 Å². The molecule has 0 aromatic heterocycles. The Hall–Kier alpha value is -3.13. The Morgan fingerprint density at radius 1 is 1.00 bits per heavy atom. The number of nitrogens with one attached hydrogen (secondary N) is 5. The van der Waals surface area contributed by atoms with E-state index in [1.807, 2.05) is 6.07 Å². The first-order chi connectivity index (χ1) is 11.6. The molecular weight excluding hydrogens is 326 g/mol. The molecule has 0 fully saturated rings. The average Bonchev–Trinajstić information content (AvgIpc) is 2.61. The second kappa shape index (κ2) is 8.49. The van der Waals surface area contributed by atoms with Crippen LogP contribution >= 0.6 is 12.2 Å². The summed E-state index contributed by atoms with van der Waals surface area (Å²) in [6.45, 7) is 0. The van der Waals surface area contributed by atoms with Gasteiger partial charge in [-0.1, -0.05) is 6.07 Å². The van der Waals surface area contributed by atoms with Crippen molar-refractivity contribution in [2.45, 2.75) is 0 Å². The highest BCUT2D eigenvalue weighted by molar-refractivity contribution is 7.80. The van der Waals surface area contributed by atoms with Crippen molar-refractivity contribution in [1.82, 2.24) is 10.7 Å². The SMILES string of the molecule is CNC(=S)Nc1cccc(C(=O)Nc2ccc(NNC=O)cc2)c1. The summed E-state index contributed by atoms with van der Waals surface area (Å²) < 4.78 is 0. The molecule has 24 heavy (non-hydrogen) atoms. The lowest BCUT2D eigenvalue weighted by atomic mass is 10.2. The average molecular weight is 343 g/mol. The van der Waals surface area contributed by atoms with Crippen LogP contribution < -0.4 is 26.8 Å². The number of anilines is 3. The predicted molar refractivity (Wildman–Crippen MR) is 98.9 cm³/mol. The van der Waals surface area contributed by atoms with Gasteiger partial charge in [-0.15, -0.1) is 0 Å². The van der Waals surface area contributed by atoms with Crippen molar-refractivity contribution in [1.29, 1.82) is 0 Å². The number of thiocarbonyl (C=S) groups is 1. The maximum atomic E-state index is 12.3. The second-order valence-corrected chi connectivity index (χ2v) is 5.11. The lowest BCUT2D eigenvalue weighted by Gasteiger charge is -2.10. The molecule has 2 rings (SSSR count). The summed E-state index contributed by atoms with van der Waals surface area (Å²) in [7, 11) is 1.72. The zero-order valence-electron chi connectivity index (χ0n) is 12.9. The number of hydrogen-bond donors (Lipinski definition) is 5. The summed E-state index contributed by atoms with van der Waals surface area (Å²) in [4.78, 5) is 22.5. The van der Waals surface area contributed by atoms with E-state index in [1.54, 1.807) is 49.5 Å². The van der Waals surface area contributed by atoms with Crippen LogP contribution in [0.1, 0.15) is 10.4 Å². The van der Waals surface area contributed by atoms with E-state index in [9.17, 15) is 9.59 Å². The van der Waals surface area contributed by atoms with Crippen molar-refractivity contribution in [3.05, 3.63) is 54.1 Å². The van der Waals surface area contributed by atoms with E-state index in [0.717, 1.165) is 5.69 Å². The van der Waals surface area contributed by atoms with Crippen LogP contribution in [0.4, 0.5) is 17.1 Å². The fraction of sp³-hybridized carbons (Fsp3) is 0.0625. The maximum Gasteiger partial charge on any atom is 0.255 e. The molecule has 0 saturated heterocycles. The number of hydrazine groups is 1. The molecule has 0 atom stereocenters. The van der Waals surface area contributed by atoms with Crippen LogP contribution in [0.25, 0.3) is 0 Å². The van der Waals surface area contributed by atoms with Crippen LogP contribution in [0.3, 0.4) is 0 Å². The number of benzene rings is 2. The van der Waals surface area contributed by atoms with Gasteiger partial charge in [0.2, 0.25) is 6.41 Å². The van der Waals surface area contributed by atoms with Crippen molar-refractivity contribution in [3.8, 4) is 0 Å². The zero-order valence-corrected chi connectivity index (χ0v) is 13.7. The number of amides is 2. The highest BCUT2D eigenvalue weighted by atomic mass is 32.1. The molecular formula is C16H17N5O2S. The van der Waals surface area contributed by atoms with E-state index in [2.05, 4.69) is 26.8 Å². The molecule has 0 radical (unpaired) electrons. The third-order valence-corrected chi connectivity index (χ3v) is 3.33. The van der Waals surface area contributed by atoms with E-state index in [4.69, 9.17) is 12.2 Å². The van der Waals surface area contributed by atoms with Crippen LogP contribution in [0.15, 0.2) is 48.5 Å². The van der Waals surface area contributed by atoms with Gasteiger partial charge in [-0.05, 0) is 54.7 Å². The van der Waals surface area contributed by atoms with E-state index in [0.29, 0.717) is 28.5 Å². The summed E-state index contributed by atoms with van der Waals surface area (Å²) in [5.74, 6) is -0.235. The summed E-state index contributed by atoms with van der Waals surface area (Å²) in [6.07, 6.45) is 0.538. The molecule has 0 unspecified atom stereocenters. The molecule has 8 heteroatoms. The topological polar surface area (TPSA) is 94.3 Å². The Morgan fingerprint density at radius 3 is 2.38 bits per heavy atom. The third kappa shape index (κ3) is 4.96. The Bertz CT molecular complexity index is 734. The fourth-order valence-corrected chi connectivity index (χ4v) is 2.00. The van der Waals surface area contributed by atoms with Gasteiger partial charge in [0.05, 0.1) is 5.69 Å². The third-order valence-electron chi connectivity index (χ3n) is 3.03. The van der Waals surface area contributed by atoms with Gasteiger partial charge in [0.1, 0.15) is 0 Å². The minimum absolute atomic E-state index is 0.235. The Balaban J connectivity index is 2.02. The van der Waals surface area contributed by atoms with Gasteiger partial charge in [-0.3, -0.25) is 20.4 Å². The smallest absolute Gasteiger partial charge is 0.255 e. The van der Waals surface area contributed by atoms with Crippen LogP contribution in [0.2, 0.25) is 0 Å². The predicted octanol–water partition coefficient (Wildman–Crippen LogP) is 1.93. The molecule has 2 aromatic rings. The molecule has 7 nitrogen and oxygen atoms in total. The van der Waals surface area contributed by atoms with E-state index >= 15 is 0 Å². The van der Waals surface area contributed by atoms with Gasteiger partial charge in [0.15, 0.2) is 5.11 Å². The van der Waals surface area contributed by atoms with Crippen LogP contribution in [0.5, 0.6) is 0 Å². The lowest BCUT2D eigenvalue weighted by molar-refractivity contribution is -0.109. The number of rotatable bonds is 6. The minimum Gasteiger partial charge on any atom is -0.366 e. The first-order valence-corrected chi connectivity index (χ1v) is 7.48. The van der Waals surface area contributed by atoms with E-state index in [-0.39, 0.29) is 5.91 Å². The zero-order chi connectivity index (χ0) is 17.4. The summed E-state index contributed by atoms with van der Waals surface area (Å²) >= 11 is 5.04. The van der Waals surface area contributed by atoms with Gasteiger partial charge in [0.25, 0.3) is 5.91 Å². The van der Waals surface area contributed by atoms with Gasteiger partial charge in [0, 0.05) is 24.0 Å². The van der Waals surface area contributed by atoms with Crippen molar-refractivity contribution in [2.24, 2.45) is 0 Å². The Morgan fingerprint density at radius 2 is 1.71 bits per heavy atom. The first kappa shape index (κ1) is 17.2. The second-order valence-electron chi connectivity index (χ2n) is 4.70. The van der Waals surface area contributed by atoms with Crippen LogP contribution in [-0.4, -0.2) is 24.5 Å². The molecule has 0 aliphatic heterocycles. The van der Waals surface area contributed by atoms with Gasteiger partial charge in [-0.25, -0.2) is 0 Å². The molecule has 5 N–H and O–H groups in total. The van der Waals surface area contributed by atoms with Gasteiger partial charge in [-0.2, -0.15) is 0 Å². The highest BCUT2D eigenvalue weighted by Gasteiger charge is 2.07. The van der Waals surface area contributed by atoms with Crippen LogP contribution in [-0.2, 0) is 4.79 Å². The largest absolute Gasteiger partial charge is 0.366 e. The normalized spacial score (nSPS) is 9.54. The van der Waals surface area contributed by atoms with Crippen molar-refractivity contribution in [2.75, 3.05) is 23.1 Å². The lowest BCUT2D eigenvalue weighted by Crippen LogP contribution is -2.24. The van der Waals surface area contributed by atoms with Crippen LogP contribution in [0, 0.1) is 0 Å². The molecule has 0 aliphatic rings. The highest BCUT2D eigenvalue weighted by Crippen LogP contribution is 2.16. The molecule has 0 aliphatic carbocycles. The van der Waals surface area contributed by atoms with Crippen molar-refractivity contribution < 1.29 is 9.59 Å². The molecule has 0 heterocycles. The first-order valence-electron chi connectivity index (χ1n) is 7.08. The van der Waals surface area contributed by atoms with Crippen molar-refractivity contribution >= 4 is 46.7 Å². The summed E-state index contributed by atoms with van der Waals surface area (Å²) in [5, 5.41) is 9.06. The molecule has 0 saturated carbocycles. The van der Waals surface area contributed by atoms with Crippen molar-refractivity contribution in [3.63, 3.8) is 0 Å². The summed E-state index contributed by atoms with van der Waals surface area (Å²) in [6, 6.07) is 13.9. The molecule has 2 amide bonds. The number of carbonyl (C=O) groups excluding carboxylic acids is 2. The number of hydrogen-bond acceptors (Lipinski definition) is 4. The summed E-state index contributed by atoms with van der Waals surface area (Å²) in [5.41, 5.74) is 7.58. The quantitative estimate of drug-likeness (QED) is 0.313. The molecule has 2 aromatic carbocycles. The molecule has 0 bridgehead atoms. The minimum atomic E-state index is -0.235. The Labute approximate surface area is 144 Å². The number of carbonyl (C=O) groups is 2. The molecule has 0 spiro atoms. The standard InChI is InChI=1S/C16H17N5O2S/c1-17-16(24)20-14-4-2-3-11(9-14)15(23)19-12-5-7-13(8-6-12)21-18-10-22/h2-10,21H,1H3,(H,18,22)(H,19,23)(H2,17,20,24). The van der Waals surface area contributed by atoms with E-state index < -0.39 is 0 Å². The van der Waals surface area contributed by atoms with Gasteiger partial charge < -0.3 is 16.0 Å². The monoisotopic (exact) mass is 343 g/mol. The van der Waals surface area contributed by atoms with E-state index in [1.165, 1.54) is 0 Å². The maximum absolute atomic E-state index is 12.3.